The molecule has 2 atom stereocenters. The van der Waals surface area contributed by atoms with E-state index >= 15 is 0 Å². The lowest BCUT2D eigenvalue weighted by Crippen LogP contribution is -2.40. The Morgan fingerprint density at radius 1 is 1.16 bits per heavy atom. The summed E-state index contributed by atoms with van der Waals surface area (Å²) in [6, 6.07) is 8.92. The topological polar surface area (TPSA) is 49.3 Å². The van der Waals surface area contributed by atoms with Gasteiger partial charge in [-0.3, -0.25) is 10.1 Å². The normalized spacial score (nSPS) is 13.7. The number of hydrogen-bond donors (Lipinski definition) is 2. The van der Waals surface area contributed by atoms with E-state index in [0.29, 0.717) is 12.0 Å². The molecule has 0 amide bonds. The summed E-state index contributed by atoms with van der Waals surface area (Å²) in [6.45, 7) is 3.84. The molecule has 0 saturated heterocycles. The van der Waals surface area contributed by atoms with E-state index < -0.39 is 29.7 Å². The summed E-state index contributed by atoms with van der Waals surface area (Å²) in [7, 11) is 0. The molecule has 3 nitrogen and oxygen atoms in total. The van der Waals surface area contributed by atoms with E-state index in [0.717, 1.165) is 10.5 Å². The molecule has 0 aromatic heterocycles. The first-order chi connectivity index (χ1) is 11.8. The second-order valence-corrected chi connectivity index (χ2v) is 7.25. The molecule has 134 valence electrons. The van der Waals surface area contributed by atoms with Gasteiger partial charge >= 0.3 is 5.97 Å². The van der Waals surface area contributed by atoms with Crippen LogP contribution in [0.3, 0.4) is 0 Å². The van der Waals surface area contributed by atoms with E-state index in [9.17, 15) is 18.7 Å². The van der Waals surface area contributed by atoms with Crippen molar-refractivity contribution in [2.75, 3.05) is 0 Å². The van der Waals surface area contributed by atoms with Crippen LogP contribution in [0, 0.1) is 17.6 Å². The minimum absolute atomic E-state index is 0.150. The molecule has 0 aliphatic heterocycles. The van der Waals surface area contributed by atoms with Gasteiger partial charge in [-0.15, -0.1) is 0 Å². The zero-order valence-corrected chi connectivity index (χ0v) is 15.6. The zero-order chi connectivity index (χ0) is 18.6. The number of halogens is 3. The average Bonchev–Trinajstić information content (AvgIpc) is 2.52. The van der Waals surface area contributed by atoms with Crippen molar-refractivity contribution in [1.29, 1.82) is 0 Å². The summed E-state index contributed by atoms with van der Waals surface area (Å²) in [5.74, 6) is -2.24. The van der Waals surface area contributed by atoms with Crippen LogP contribution in [-0.4, -0.2) is 17.1 Å². The third kappa shape index (κ3) is 5.34. The fraction of sp³-hybridized carbons (Fsp3) is 0.316. The molecule has 2 aromatic rings. The average molecular weight is 412 g/mol. The van der Waals surface area contributed by atoms with Crippen molar-refractivity contribution in [2.24, 2.45) is 5.92 Å². The van der Waals surface area contributed by atoms with Gasteiger partial charge in [-0.25, -0.2) is 8.78 Å². The number of aliphatic carboxylic acids is 1. The van der Waals surface area contributed by atoms with Gasteiger partial charge in [0, 0.05) is 16.1 Å². The Morgan fingerprint density at radius 3 is 2.32 bits per heavy atom. The molecule has 0 unspecified atom stereocenters. The van der Waals surface area contributed by atoms with Crippen molar-refractivity contribution >= 4 is 21.9 Å². The van der Waals surface area contributed by atoms with E-state index in [4.69, 9.17) is 0 Å². The highest BCUT2D eigenvalue weighted by Crippen LogP contribution is 2.27. The maximum atomic E-state index is 14.3. The molecule has 0 aliphatic carbocycles. The van der Waals surface area contributed by atoms with Gasteiger partial charge in [-0.05, 0) is 36.1 Å². The van der Waals surface area contributed by atoms with Crippen molar-refractivity contribution in [3.05, 3.63) is 69.7 Å². The van der Waals surface area contributed by atoms with Crippen molar-refractivity contribution < 1.29 is 18.7 Å². The summed E-state index contributed by atoms with van der Waals surface area (Å²) in [6.07, 6.45) is 0.394. The lowest BCUT2D eigenvalue weighted by Gasteiger charge is -2.25. The van der Waals surface area contributed by atoms with E-state index in [2.05, 4.69) is 21.2 Å². The first-order valence-electron chi connectivity index (χ1n) is 7.97. The molecule has 2 rings (SSSR count). The first kappa shape index (κ1) is 19.5. The number of hydrogen-bond acceptors (Lipinski definition) is 2. The number of nitrogens with one attached hydrogen (secondary N) is 1. The fourth-order valence-electron chi connectivity index (χ4n) is 2.67. The fourth-order valence-corrected chi connectivity index (χ4v) is 2.93. The summed E-state index contributed by atoms with van der Waals surface area (Å²) >= 11 is 3.34. The summed E-state index contributed by atoms with van der Waals surface area (Å²) in [5.41, 5.74) is 0.905. The van der Waals surface area contributed by atoms with Gasteiger partial charge in [0.15, 0.2) is 0 Å². The molecular formula is C19H20BrF2NO2. The summed E-state index contributed by atoms with van der Waals surface area (Å²) in [5, 5.41) is 12.5. The first-order valence-corrected chi connectivity index (χ1v) is 8.76. The van der Waals surface area contributed by atoms with E-state index in [1.165, 1.54) is 12.1 Å². The molecule has 0 saturated carbocycles. The molecule has 0 aliphatic rings. The van der Waals surface area contributed by atoms with Crippen molar-refractivity contribution in [3.8, 4) is 0 Å². The van der Waals surface area contributed by atoms with Gasteiger partial charge in [0.25, 0.3) is 0 Å². The largest absolute Gasteiger partial charge is 0.480 e. The van der Waals surface area contributed by atoms with Crippen LogP contribution in [0.2, 0.25) is 0 Å². The van der Waals surface area contributed by atoms with E-state index in [1.807, 2.05) is 13.8 Å². The molecule has 0 fully saturated rings. The van der Waals surface area contributed by atoms with Crippen LogP contribution in [0.25, 0.3) is 0 Å². The molecule has 0 heterocycles. The second-order valence-electron chi connectivity index (χ2n) is 6.34. The van der Waals surface area contributed by atoms with Crippen molar-refractivity contribution in [1.82, 2.24) is 5.32 Å². The second kappa shape index (κ2) is 8.54. The third-order valence-electron chi connectivity index (χ3n) is 3.85. The number of benzene rings is 2. The van der Waals surface area contributed by atoms with Crippen molar-refractivity contribution in [3.63, 3.8) is 0 Å². The Bertz CT molecular complexity index is 735. The van der Waals surface area contributed by atoms with Crippen LogP contribution in [0.1, 0.15) is 37.4 Å². The van der Waals surface area contributed by atoms with Crippen LogP contribution in [-0.2, 0) is 4.79 Å². The molecule has 6 heteroatoms. The Hall–Kier alpha value is -1.79. The van der Waals surface area contributed by atoms with E-state index in [1.54, 1.807) is 24.3 Å². The highest BCUT2D eigenvalue weighted by atomic mass is 79.9. The van der Waals surface area contributed by atoms with Crippen LogP contribution >= 0.6 is 15.9 Å². The monoisotopic (exact) mass is 411 g/mol. The SMILES string of the molecule is CC(C)C[C@H](N[C@@H](c1ccc(Br)cc1)c1ccc(F)cc1F)C(=O)O. The van der Waals surface area contributed by atoms with Gasteiger partial charge in [0.2, 0.25) is 0 Å². The standard InChI is InChI=1S/C19H20BrF2NO2/c1-11(2)9-17(19(24)25)23-18(12-3-5-13(20)6-4-12)15-8-7-14(21)10-16(15)22/h3-8,10-11,17-18,23H,9H2,1-2H3,(H,24,25)/t17-,18-/m0/s1. The van der Waals surface area contributed by atoms with Crippen LogP contribution in [0.15, 0.2) is 46.9 Å². The zero-order valence-electron chi connectivity index (χ0n) is 14.0. The molecule has 0 radical (unpaired) electrons. The molecule has 0 bridgehead atoms. The molecule has 2 N–H and O–H groups in total. The maximum absolute atomic E-state index is 14.3. The molecule has 25 heavy (non-hydrogen) atoms. The predicted octanol–water partition coefficient (Wildman–Crippen LogP) is 4.91. The maximum Gasteiger partial charge on any atom is 0.320 e. The van der Waals surface area contributed by atoms with Crippen LogP contribution < -0.4 is 5.32 Å². The molecular weight excluding hydrogens is 392 g/mol. The third-order valence-corrected chi connectivity index (χ3v) is 4.38. The van der Waals surface area contributed by atoms with Gasteiger partial charge in [-0.2, -0.15) is 0 Å². The quantitative estimate of drug-likeness (QED) is 0.680. The van der Waals surface area contributed by atoms with Crippen LogP contribution in [0.4, 0.5) is 8.78 Å². The number of rotatable bonds is 7. The van der Waals surface area contributed by atoms with Gasteiger partial charge in [0.1, 0.15) is 17.7 Å². The Balaban J connectivity index is 2.44. The highest BCUT2D eigenvalue weighted by molar-refractivity contribution is 9.10. The number of carboxylic acid groups (broad SMARTS) is 1. The Kier molecular flexibility index (Phi) is 6.67. The Morgan fingerprint density at radius 2 is 1.80 bits per heavy atom. The van der Waals surface area contributed by atoms with Gasteiger partial charge in [-0.1, -0.05) is 48.0 Å². The predicted molar refractivity (Wildman–Crippen MR) is 96.4 cm³/mol. The lowest BCUT2D eigenvalue weighted by atomic mass is 9.95. The lowest BCUT2D eigenvalue weighted by molar-refractivity contribution is -0.140. The minimum Gasteiger partial charge on any atom is -0.480 e. The number of carbonyl (C=O) groups is 1. The van der Waals surface area contributed by atoms with E-state index in [-0.39, 0.29) is 11.5 Å². The summed E-state index contributed by atoms with van der Waals surface area (Å²) in [4.78, 5) is 11.6. The van der Waals surface area contributed by atoms with Crippen LogP contribution in [0.5, 0.6) is 0 Å². The minimum atomic E-state index is -1.00. The van der Waals surface area contributed by atoms with Crippen molar-refractivity contribution in [2.45, 2.75) is 32.4 Å². The van der Waals surface area contributed by atoms with Gasteiger partial charge < -0.3 is 5.11 Å². The van der Waals surface area contributed by atoms with Gasteiger partial charge in [0.05, 0.1) is 6.04 Å². The number of carboxylic acids is 1. The Labute approximate surface area is 154 Å². The summed E-state index contributed by atoms with van der Waals surface area (Å²) < 4.78 is 28.5. The molecule has 0 spiro atoms. The highest BCUT2D eigenvalue weighted by Gasteiger charge is 2.26. The molecule has 2 aromatic carbocycles. The smallest absolute Gasteiger partial charge is 0.320 e.